The summed E-state index contributed by atoms with van der Waals surface area (Å²) in [6, 6.07) is 8.67. The Morgan fingerprint density at radius 3 is 2.77 bits per heavy atom. The predicted molar refractivity (Wildman–Crippen MR) is 125 cm³/mol. The van der Waals surface area contributed by atoms with Crippen molar-refractivity contribution in [3.63, 3.8) is 0 Å². The van der Waals surface area contributed by atoms with Crippen LogP contribution in [0.3, 0.4) is 0 Å². The molecule has 0 bridgehead atoms. The number of nitrogens with zero attached hydrogens (tertiary/aromatic N) is 4. The summed E-state index contributed by atoms with van der Waals surface area (Å²) in [5.74, 6) is 1.27. The SMILES string of the molecule is O=C(NC1=CCn2c1nc1c2NCCC1)c1cc2cc(C(F)(F)F)ccc2n1Cc1ccncc1. The summed E-state index contributed by atoms with van der Waals surface area (Å²) >= 11 is 0. The average Bonchev–Trinajstić information content (AvgIpc) is 3.52. The Hall–Kier alpha value is -4.08. The van der Waals surface area contributed by atoms with Gasteiger partial charge < -0.3 is 19.8 Å². The highest BCUT2D eigenvalue weighted by atomic mass is 19.4. The molecule has 35 heavy (non-hydrogen) atoms. The van der Waals surface area contributed by atoms with Crippen molar-refractivity contribution >= 4 is 28.3 Å². The van der Waals surface area contributed by atoms with Gasteiger partial charge in [0.25, 0.3) is 5.91 Å². The number of amides is 1. The Balaban J connectivity index is 1.37. The molecule has 0 spiro atoms. The summed E-state index contributed by atoms with van der Waals surface area (Å²) in [7, 11) is 0. The monoisotopic (exact) mass is 478 g/mol. The summed E-state index contributed by atoms with van der Waals surface area (Å²) in [5.41, 5.74) is 2.52. The molecule has 7 nitrogen and oxygen atoms in total. The molecular weight excluding hydrogens is 457 g/mol. The van der Waals surface area contributed by atoms with Gasteiger partial charge in [0.15, 0.2) is 5.82 Å². The lowest BCUT2D eigenvalue weighted by Crippen LogP contribution is -2.25. The number of rotatable bonds is 4. The van der Waals surface area contributed by atoms with Gasteiger partial charge in [-0.05, 0) is 60.9 Å². The van der Waals surface area contributed by atoms with Crippen LogP contribution >= 0.6 is 0 Å². The van der Waals surface area contributed by atoms with Gasteiger partial charge in [-0.2, -0.15) is 13.2 Å². The van der Waals surface area contributed by atoms with Gasteiger partial charge in [0.2, 0.25) is 0 Å². The third-order valence-corrected chi connectivity index (χ3v) is 6.44. The molecule has 0 atom stereocenters. The van der Waals surface area contributed by atoms with Crippen LogP contribution in [0.5, 0.6) is 0 Å². The van der Waals surface area contributed by atoms with E-state index < -0.39 is 17.6 Å². The molecule has 1 aromatic carbocycles. The van der Waals surface area contributed by atoms with Gasteiger partial charge in [0.1, 0.15) is 11.5 Å². The second-order valence-corrected chi connectivity index (χ2v) is 8.69. The van der Waals surface area contributed by atoms with Crippen LogP contribution in [-0.2, 0) is 25.7 Å². The second kappa shape index (κ2) is 8.00. The van der Waals surface area contributed by atoms with Crippen LogP contribution in [0, 0.1) is 0 Å². The Morgan fingerprint density at radius 2 is 1.97 bits per heavy atom. The standard InChI is InChI=1S/C25H21F3N6O/c26-25(27,28)17-3-4-20-16(12-17)13-21(34(20)14-15-5-9-29-10-6-15)24(35)32-19-7-11-33-22-18(31-23(19)33)2-1-8-30-22/h3-7,9-10,12-13,30H,1-2,8,11,14H2,(H,32,35). The molecule has 178 valence electrons. The van der Waals surface area contributed by atoms with Crippen LogP contribution in [0.2, 0.25) is 0 Å². The number of hydrogen-bond acceptors (Lipinski definition) is 4. The molecule has 2 N–H and O–H groups in total. The maximum Gasteiger partial charge on any atom is 0.416 e. The molecule has 0 unspecified atom stereocenters. The lowest BCUT2D eigenvalue weighted by molar-refractivity contribution is -0.137. The number of halogens is 3. The van der Waals surface area contributed by atoms with Crippen LogP contribution in [0.15, 0.2) is 54.9 Å². The molecule has 2 aliphatic heterocycles. The number of benzene rings is 1. The van der Waals surface area contributed by atoms with E-state index in [1.165, 1.54) is 12.1 Å². The fraction of sp³-hybridized carbons (Fsp3) is 0.240. The maximum atomic E-state index is 13.5. The van der Waals surface area contributed by atoms with E-state index in [1.807, 2.05) is 22.8 Å². The number of nitrogens with one attached hydrogen (secondary N) is 2. The van der Waals surface area contributed by atoms with E-state index in [1.54, 1.807) is 17.0 Å². The summed E-state index contributed by atoms with van der Waals surface area (Å²) in [4.78, 5) is 22.2. The second-order valence-electron chi connectivity index (χ2n) is 8.69. The van der Waals surface area contributed by atoms with Crippen LogP contribution in [0.25, 0.3) is 16.6 Å². The number of allylic oxidation sites excluding steroid dienone is 1. The average molecular weight is 478 g/mol. The fourth-order valence-corrected chi connectivity index (χ4v) is 4.76. The largest absolute Gasteiger partial charge is 0.416 e. The van der Waals surface area contributed by atoms with Crippen molar-refractivity contribution in [3.05, 3.63) is 83.2 Å². The highest BCUT2D eigenvalue weighted by Gasteiger charge is 2.31. The molecular formula is C25H21F3N6O. The van der Waals surface area contributed by atoms with Crippen LogP contribution in [0.4, 0.5) is 19.0 Å². The van der Waals surface area contributed by atoms with E-state index in [-0.39, 0.29) is 5.69 Å². The summed E-state index contributed by atoms with van der Waals surface area (Å²) < 4.78 is 43.7. The Labute approximate surface area is 198 Å². The highest BCUT2D eigenvalue weighted by molar-refractivity contribution is 6.02. The smallest absolute Gasteiger partial charge is 0.370 e. The van der Waals surface area contributed by atoms with E-state index in [0.717, 1.165) is 48.6 Å². The third kappa shape index (κ3) is 3.74. The number of hydrogen-bond donors (Lipinski definition) is 2. The van der Waals surface area contributed by atoms with Crippen molar-refractivity contribution in [1.29, 1.82) is 0 Å². The first kappa shape index (κ1) is 21.5. The molecule has 6 rings (SSSR count). The topological polar surface area (TPSA) is 76.8 Å². The number of imidazole rings is 1. The van der Waals surface area contributed by atoms with Gasteiger partial charge >= 0.3 is 6.18 Å². The van der Waals surface area contributed by atoms with Gasteiger partial charge in [0, 0.05) is 42.9 Å². The minimum absolute atomic E-state index is 0.268. The van der Waals surface area contributed by atoms with Crippen molar-refractivity contribution in [3.8, 4) is 0 Å². The Kier molecular flexibility index (Phi) is 4.91. The number of carbonyl (C=O) groups is 1. The molecule has 3 aromatic heterocycles. The number of fused-ring (bicyclic) bond motifs is 4. The zero-order valence-corrected chi connectivity index (χ0v) is 18.6. The van der Waals surface area contributed by atoms with E-state index in [4.69, 9.17) is 4.98 Å². The Morgan fingerprint density at radius 1 is 1.14 bits per heavy atom. The first-order valence-corrected chi connectivity index (χ1v) is 11.3. The van der Waals surface area contributed by atoms with E-state index in [9.17, 15) is 18.0 Å². The van der Waals surface area contributed by atoms with Crippen LogP contribution < -0.4 is 10.6 Å². The van der Waals surface area contributed by atoms with Crippen LogP contribution in [-0.4, -0.2) is 31.6 Å². The molecule has 0 radical (unpaired) electrons. The molecule has 1 amide bonds. The Bertz CT molecular complexity index is 1480. The molecule has 5 heterocycles. The fourth-order valence-electron chi connectivity index (χ4n) is 4.76. The summed E-state index contributed by atoms with van der Waals surface area (Å²) in [5, 5.41) is 6.67. The maximum absolute atomic E-state index is 13.5. The minimum atomic E-state index is -4.47. The molecule has 0 aliphatic carbocycles. The van der Waals surface area contributed by atoms with Crippen molar-refractivity contribution in [1.82, 2.24) is 24.4 Å². The van der Waals surface area contributed by atoms with Gasteiger partial charge in [-0.3, -0.25) is 9.78 Å². The molecule has 2 aliphatic rings. The van der Waals surface area contributed by atoms with Crippen molar-refractivity contribution in [2.45, 2.75) is 32.1 Å². The normalized spacial score (nSPS) is 14.9. The van der Waals surface area contributed by atoms with Gasteiger partial charge in [-0.15, -0.1) is 0 Å². The minimum Gasteiger partial charge on any atom is -0.370 e. The molecule has 10 heteroatoms. The molecule has 4 aromatic rings. The van der Waals surface area contributed by atoms with E-state index >= 15 is 0 Å². The van der Waals surface area contributed by atoms with E-state index in [2.05, 4.69) is 15.6 Å². The lowest BCUT2D eigenvalue weighted by Gasteiger charge is -2.14. The zero-order valence-electron chi connectivity index (χ0n) is 18.6. The first-order chi connectivity index (χ1) is 16.9. The highest BCUT2D eigenvalue weighted by Crippen LogP contribution is 2.33. The quantitative estimate of drug-likeness (QED) is 0.455. The first-order valence-electron chi connectivity index (χ1n) is 11.3. The number of carbonyl (C=O) groups excluding carboxylic acids is 1. The summed E-state index contributed by atoms with van der Waals surface area (Å²) in [6.07, 6.45) is 2.59. The van der Waals surface area contributed by atoms with Crippen molar-refractivity contribution < 1.29 is 18.0 Å². The predicted octanol–water partition coefficient (Wildman–Crippen LogP) is 4.44. The number of aromatic nitrogens is 4. The third-order valence-electron chi connectivity index (χ3n) is 6.44. The number of aryl methyl sites for hydroxylation is 1. The number of pyridine rings is 1. The number of alkyl halides is 3. The summed E-state index contributed by atoms with van der Waals surface area (Å²) in [6.45, 7) is 1.79. The zero-order chi connectivity index (χ0) is 24.2. The molecule has 0 saturated heterocycles. The van der Waals surface area contributed by atoms with Crippen molar-refractivity contribution in [2.24, 2.45) is 0 Å². The lowest BCUT2D eigenvalue weighted by atomic mass is 10.1. The van der Waals surface area contributed by atoms with Crippen molar-refractivity contribution in [2.75, 3.05) is 11.9 Å². The van der Waals surface area contributed by atoms with Crippen LogP contribution in [0.1, 0.15) is 39.6 Å². The molecule has 0 fully saturated rings. The van der Waals surface area contributed by atoms with E-state index in [0.29, 0.717) is 35.5 Å². The number of anilines is 1. The van der Waals surface area contributed by atoms with Gasteiger partial charge in [-0.1, -0.05) is 0 Å². The molecule has 0 saturated carbocycles. The van der Waals surface area contributed by atoms with Gasteiger partial charge in [-0.25, -0.2) is 4.98 Å². The van der Waals surface area contributed by atoms with Gasteiger partial charge in [0.05, 0.1) is 17.0 Å².